The van der Waals surface area contributed by atoms with Crippen LogP contribution in [-0.2, 0) is 11.2 Å². The van der Waals surface area contributed by atoms with Crippen molar-refractivity contribution in [3.8, 4) is 0 Å². The van der Waals surface area contributed by atoms with E-state index in [1.165, 1.54) is 5.01 Å². The van der Waals surface area contributed by atoms with Gasteiger partial charge in [-0.2, -0.15) is 5.10 Å². The monoisotopic (exact) mass is 240 g/mol. The van der Waals surface area contributed by atoms with Crippen molar-refractivity contribution in [2.45, 2.75) is 12.8 Å². The number of anilines is 1. The van der Waals surface area contributed by atoms with Crippen LogP contribution in [0.2, 0.25) is 0 Å². The Hall–Kier alpha value is -2.36. The highest BCUT2D eigenvalue weighted by atomic mass is 16.3. The third-order valence-corrected chi connectivity index (χ3v) is 2.79. The molecule has 0 aliphatic carbocycles. The maximum Gasteiger partial charge on any atom is 0.253 e. The molecule has 1 aliphatic rings. The summed E-state index contributed by atoms with van der Waals surface area (Å²) < 4.78 is 5.26. The molecule has 1 aliphatic heterocycles. The summed E-state index contributed by atoms with van der Waals surface area (Å²) in [7, 11) is 0. The van der Waals surface area contributed by atoms with Crippen LogP contribution in [0.1, 0.15) is 12.2 Å². The SMILES string of the molecule is O=C1CC(Cc2ccco2)=NN1c1ccccc1. The van der Waals surface area contributed by atoms with Crippen molar-refractivity contribution < 1.29 is 9.21 Å². The molecule has 0 N–H and O–H groups in total. The second-order valence-corrected chi connectivity index (χ2v) is 4.14. The molecule has 4 heteroatoms. The Balaban J connectivity index is 1.81. The van der Waals surface area contributed by atoms with Crippen LogP contribution in [0.15, 0.2) is 58.2 Å². The first-order valence-corrected chi connectivity index (χ1v) is 5.80. The second kappa shape index (κ2) is 4.49. The van der Waals surface area contributed by atoms with E-state index in [9.17, 15) is 4.79 Å². The minimum atomic E-state index is 0.00255. The Kier molecular flexibility index (Phi) is 2.68. The zero-order valence-electron chi connectivity index (χ0n) is 9.74. The molecule has 1 amide bonds. The number of amides is 1. The molecule has 0 unspecified atom stereocenters. The maximum atomic E-state index is 11.9. The second-order valence-electron chi connectivity index (χ2n) is 4.14. The molecule has 0 bridgehead atoms. The van der Waals surface area contributed by atoms with Gasteiger partial charge in [-0.15, -0.1) is 0 Å². The summed E-state index contributed by atoms with van der Waals surface area (Å²) in [5.74, 6) is 0.833. The lowest BCUT2D eigenvalue weighted by Crippen LogP contribution is -2.19. The van der Waals surface area contributed by atoms with Gasteiger partial charge in [0.15, 0.2) is 0 Å². The third-order valence-electron chi connectivity index (χ3n) is 2.79. The van der Waals surface area contributed by atoms with Crippen LogP contribution in [0.4, 0.5) is 5.69 Å². The molecule has 0 atom stereocenters. The fraction of sp³-hybridized carbons (Fsp3) is 0.143. The summed E-state index contributed by atoms with van der Waals surface area (Å²) >= 11 is 0. The molecule has 90 valence electrons. The minimum absolute atomic E-state index is 0.00255. The molecule has 0 spiro atoms. The lowest BCUT2D eigenvalue weighted by atomic mass is 10.2. The van der Waals surface area contributed by atoms with Crippen molar-refractivity contribution in [2.24, 2.45) is 5.10 Å². The highest BCUT2D eigenvalue weighted by Gasteiger charge is 2.25. The quantitative estimate of drug-likeness (QED) is 0.827. The zero-order valence-corrected chi connectivity index (χ0v) is 9.74. The summed E-state index contributed by atoms with van der Waals surface area (Å²) in [5.41, 5.74) is 1.63. The molecule has 2 heterocycles. The number of carbonyl (C=O) groups is 1. The van der Waals surface area contributed by atoms with E-state index in [1.54, 1.807) is 6.26 Å². The molecular weight excluding hydrogens is 228 g/mol. The molecule has 1 aromatic heterocycles. The first-order valence-electron chi connectivity index (χ1n) is 5.80. The minimum Gasteiger partial charge on any atom is -0.469 e. The topological polar surface area (TPSA) is 45.8 Å². The Morgan fingerprint density at radius 1 is 1.17 bits per heavy atom. The average Bonchev–Trinajstić information content (AvgIpc) is 3.01. The van der Waals surface area contributed by atoms with Crippen molar-refractivity contribution in [1.29, 1.82) is 0 Å². The predicted molar refractivity (Wildman–Crippen MR) is 68.4 cm³/mol. The largest absolute Gasteiger partial charge is 0.469 e. The summed E-state index contributed by atoms with van der Waals surface area (Å²) in [4.78, 5) is 11.9. The number of hydrogen-bond acceptors (Lipinski definition) is 3. The van der Waals surface area contributed by atoms with E-state index in [0.717, 1.165) is 17.2 Å². The number of hydrazone groups is 1. The van der Waals surface area contributed by atoms with Gasteiger partial charge < -0.3 is 4.42 Å². The van der Waals surface area contributed by atoms with Crippen LogP contribution in [0.3, 0.4) is 0 Å². The Morgan fingerprint density at radius 2 is 2.00 bits per heavy atom. The van der Waals surface area contributed by atoms with Gasteiger partial charge in [-0.25, -0.2) is 5.01 Å². The van der Waals surface area contributed by atoms with Gasteiger partial charge in [0.25, 0.3) is 5.91 Å². The normalized spacial score (nSPS) is 15.0. The lowest BCUT2D eigenvalue weighted by Gasteiger charge is -2.10. The Labute approximate surface area is 105 Å². The van der Waals surface area contributed by atoms with Gasteiger partial charge in [-0.05, 0) is 24.3 Å². The summed E-state index contributed by atoms with van der Waals surface area (Å²) in [6.45, 7) is 0. The van der Waals surface area contributed by atoms with Crippen molar-refractivity contribution in [1.82, 2.24) is 0 Å². The average molecular weight is 240 g/mol. The number of hydrogen-bond donors (Lipinski definition) is 0. The van der Waals surface area contributed by atoms with Crippen molar-refractivity contribution in [3.63, 3.8) is 0 Å². The van der Waals surface area contributed by atoms with Gasteiger partial charge in [-0.1, -0.05) is 18.2 Å². The van der Waals surface area contributed by atoms with Crippen LogP contribution in [0, 0.1) is 0 Å². The summed E-state index contributed by atoms with van der Waals surface area (Å²) in [6.07, 6.45) is 2.57. The third kappa shape index (κ3) is 2.05. The molecule has 18 heavy (non-hydrogen) atoms. The molecule has 0 radical (unpaired) electrons. The van der Waals surface area contributed by atoms with Gasteiger partial charge in [0, 0.05) is 6.42 Å². The maximum absolute atomic E-state index is 11.9. The number of furan rings is 1. The van der Waals surface area contributed by atoms with Gasteiger partial charge in [0.05, 0.1) is 24.1 Å². The highest BCUT2D eigenvalue weighted by molar-refractivity contribution is 6.13. The van der Waals surface area contributed by atoms with E-state index in [-0.39, 0.29) is 5.91 Å². The van der Waals surface area contributed by atoms with E-state index in [1.807, 2.05) is 42.5 Å². The lowest BCUT2D eigenvalue weighted by molar-refractivity contribution is -0.116. The van der Waals surface area contributed by atoms with Gasteiger partial charge in [0.1, 0.15) is 5.76 Å². The van der Waals surface area contributed by atoms with E-state index >= 15 is 0 Å². The fourth-order valence-corrected chi connectivity index (χ4v) is 1.97. The first kappa shape index (κ1) is 10.8. The van der Waals surface area contributed by atoms with Crippen molar-refractivity contribution in [3.05, 3.63) is 54.5 Å². The van der Waals surface area contributed by atoms with Crippen LogP contribution in [-0.4, -0.2) is 11.6 Å². The molecule has 0 saturated carbocycles. The standard InChI is InChI=1S/C14H12N2O2/c17-14-10-11(9-13-7-4-8-18-13)15-16(14)12-5-2-1-3-6-12/h1-8H,9-10H2. The molecular formula is C14H12N2O2. The van der Waals surface area contributed by atoms with Crippen molar-refractivity contribution in [2.75, 3.05) is 5.01 Å². The first-order chi connectivity index (χ1) is 8.83. The molecule has 4 nitrogen and oxygen atoms in total. The zero-order chi connectivity index (χ0) is 12.4. The van der Waals surface area contributed by atoms with Crippen LogP contribution in [0.5, 0.6) is 0 Å². The van der Waals surface area contributed by atoms with E-state index in [0.29, 0.717) is 12.8 Å². The molecule has 0 saturated heterocycles. The summed E-state index contributed by atoms with van der Waals surface area (Å²) in [5, 5.41) is 5.81. The Bertz CT molecular complexity index is 573. The molecule has 2 aromatic rings. The molecule has 0 fully saturated rings. The highest BCUT2D eigenvalue weighted by Crippen LogP contribution is 2.21. The van der Waals surface area contributed by atoms with E-state index < -0.39 is 0 Å². The summed E-state index contributed by atoms with van der Waals surface area (Å²) in [6, 6.07) is 13.2. The predicted octanol–water partition coefficient (Wildman–Crippen LogP) is 2.62. The van der Waals surface area contributed by atoms with Gasteiger partial charge in [-0.3, -0.25) is 4.79 Å². The molecule has 1 aromatic carbocycles. The van der Waals surface area contributed by atoms with Gasteiger partial charge in [0.2, 0.25) is 0 Å². The van der Waals surface area contributed by atoms with Gasteiger partial charge >= 0.3 is 0 Å². The van der Waals surface area contributed by atoms with Crippen LogP contribution in [0.25, 0.3) is 0 Å². The van der Waals surface area contributed by atoms with E-state index in [4.69, 9.17) is 4.42 Å². The smallest absolute Gasteiger partial charge is 0.253 e. The Morgan fingerprint density at radius 3 is 2.72 bits per heavy atom. The number of rotatable bonds is 3. The number of carbonyl (C=O) groups excluding carboxylic acids is 1. The fourth-order valence-electron chi connectivity index (χ4n) is 1.97. The number of benzene rings is 1. The van der Waals surface area contributed by atoms with E-state index in [2.05, 4.69) is 5.10 Å². The van der Waals surface area contributed by atoms with Crippen LogP contribution >= 0.6 is 0 Å². The van der Waals surface area contributed by atoms with Crippen LogP contribution < -0.4 is 5.01 Å². The number of nitrogens with zero attached hydrogens (tertiary/aromatic N) is 2. The molecule has 3 rings (SSSR count). The number of para-hydroxylation sites is 1. The van der Waals surface area contributed by atoms with Crippen molar-refractivity contribution >= 4 is 17.3 Å².